The van der Waals surface area contributed by atoms with Crippen LogP contribution in [0.5, 0.6) is 11.5 Å². The van der Waals surface area contributed by atoms with Crippen molar-refractivity contribution in [3.63, 3.8) is 0 Å². The van der Waals surface area contributed by atoms with Gasteiger partial charge < -0.3 is 14.8 Å². The highest BCUT2D eigenvalue weighted by Crippen LogP contribution is 2.25. The van der Waals surface area contributed by atoms with Crippen molar-refractivity contribution < 1.29 is 14.3 Å². The highest BCUT2D eigenvalue weighted by atomic mass is 16.5. The molecule has 0 aliphatic rings. The molecule has 0 saturated heterocycles. The zero-order valence-electron chi connectivity index (χ0n) is 11.5. The normalized spacial score (nSPS) is 10.2. The molecule has 0 spiro atoms. The molecule has 1 amide bonds. The highest BCUT2D eigenvalue weighted by molar-refractivity contribution is 5.51. The van der Waals surface area contributed by atoms with Gasteiger partial charge in [-0.2, -0.15) is 0 Å². The van der Waals surface area contributed by atoms with Crippen molar-refractivity contribution in [2.45, 2.75) is 6.04 Å². The van der Waals surface area contributed by atoms with Crippen LogP contribution >= 0.6 is 0 Å². The first-order valence-electron chi connectivity index (χ1n) is 6.26. The topological polar surface area (TPSA) is 47.6 Å². The van der Waals surface area contributed by atoms with Gasteiger partial charge in [0.2, 0.25) is 6.41 Å². The maximum Gasteiger partial charge on any atom is 0.207 e. The number of nitrogens with one attached hydrogen (secondary N) is 1. The fourth-order valence-electron chi connectivity index (χ4n) is 2.05. The molecule has 0 fully saturated rings. The lowest BCUT2D eigenvalue weighted by molar-refractivity contribution is -0.110. The quantitative estimate of drug-likeness (QED) is 0.821. The molecular weight excluding hydrogens is 254 g/mol. The van der Waals surface area contributed by atoms with Gasteiger partial charge in [-0.3, -0.25) is 4.79 Å². The number of carbonyl (C=O) groups excluding carboxylic acids is 1. The summed E-state index contributed by atoms with van der Waals surface area (Å²) in [5, 5.41) is 2.83. The summed E-state index contributed by atoms with van der Waals surface area (Å²) < 4.78 is 10.3. The van der Waals surface area contributed by atoms with Gasteiger partial charge in [0, 0.05) is 0 Å². The summed E-state index contributed by atoms with van der Waals surface area (Å²) in [5.74, 6) is 1.57. The van der Waals surface area contributed by atoms with E-state index in [1.54, 1.807) is 14.2 Å². The number of ether oxygens (including phenoxy) is 2. The zero-order valence-corrected chi connectivity index (χ0v) is 11.5. The first kappa shape index (κ1) is 13.9. The molecule has 0 atom stereocenters. The van der Waals surface area contributed by atoms with Crippen LogP contribution in [0.4, 0.5) is 0 Å². The monoisotopic (exact) mass is 271 g/mol. The Hall–Kier alpha value is -2.49. The molecule has 2 rings (SSSR count). The molecule has 104 valence electrons. The summed E-state index contributed by atoms with van der Waals surface area (Å²) in [6, 6.07) is 15.0. The highest BCUT2D eigenvalue weighted by Gasteiger charge is 2.13. The van der Waals surface area contributed by atoms with E-state index in [0.717, 1.165) is 22.6 Å². The van der Waals surface area contributed by atoms with Crippen LogP contribution in [-0.4, -0.2) is 20.6 Å². The van der Waals surface area contributed by atoms with Gasteiger partial charge in [0.1, 0.15) is 11.5 Å². The second kappa shape index (κ2) is 6.61. The average Bonchev–Trinajstić information content (AvgIpc) is 2.53. The molecule has 0 aliphatic heterocycles. The molecule has 0 aromatic heterocycles. The first-order chi connectivity index (χ1) is 9.78. The average molecular weight is 271 g/mol. The van der Waals surface area contributed by atoms with E-state index in [4.69, 9.17) is 9.47 Å². The van der Waals surface area contributed by atoms with Crippen LogP contribution in [0.1, 0.15) is 17.2 Å². The van der Waals surface area contributed by atoms with Gasteiger partial charge in [-0.25, -0.2) is 0 Å². The number of methoxy groups -OCH3 is 2. The Morgan fingerprint density at radius 3 is 1.55 bits per heavy atom. The summed E-state index contributed by atoms with van der Waals surface area (Å²) in [4.78, 5) is 10.8. The second-order valence-electron chi connectivity index (χ2n) is 4.26. The van der Waals surface area contributed by atoms with Gasteiger partial charge in [0.25, 0.3) is 0 Å². The van der Waals surface area contributed by atoms with E-state index in [0.29, 0.717) is 6.41 Å². The van der Waals surface area contributed by atoms with E-state index in [1.165, 1.54) is 0 Å². The van der Waals surface area contributed by atoms with E-state index in [-0.39, 0.29) is 6.04 Å². The minimum absolute atomic E-state index is 0.190. The molecule has 0 saturated carbocycles. The van der Waals surface area contributed by atoms with Crippen LogP contribution in [0.25, 0.3) is 0 Å². The van der Waals surface area contributed by atoms with Crippen LogP contribution < -0.4 is 14.8 Å². The summed E-state index contributed by atoms with van der Waals surface area (Å²) >= 11 is 0. The Morgan fingerprint density at radius 2 is 1.25 bits per heavy atom. The van der Waals surface area contributed by atoms with E-state index in [2.05, 4.69) is 5.32 Å². The lowest BCUT2D eigenvalue weighted by Crippen LogP contribution is -2.20. The van der Waals surface area contributed by atoms with E-state index >= 15 is 0 Å². The predicted octanol–water partition coefficient (Wildman–Crippen LogP) is 2.54. The second-order valence-corrected chi connectivity index (χ2v) is 4.26. The van der Waals surface area contributed by atoms with Gasteiger partial charge in [0.15, 0.2) is 0 Å². The first-order valence-corrected chi connectivity index (χ1v) is 6.26. The Balaban J connectivity index is 2.30. The molecule has 0 unspecified atom stereocenters. The van der Waals surface area contributed by atoms with Crippen molar-refractivity contribution in [2.24, 2.45) is 0 Å². The number of rotatable bonds is 6. The number of hydrogen-bond donors (Lipinski definition) is 1. The molecule has 2 aromatic rings. The van der Waals surface area contributed by atoms with Gasteiger partial charge in [-0.15, -0.1) is 0 Å². The third-order valence-corrected chi connectivity index (χ3v) is 3.13. The van der Waals surface area contributed by atoms with Crippen molar-refractivity contribution >= 4 is 6.41 Å². The van der Waals surface area contributed by atoms with Crippen LogP contribution in [-0.2, 0) is 4.79 Å². The predicted molar refractivity (Wildman–Crippen MR) is 77.0 cm³/mol. The van der Waals surface area contributed by atoms with Crippen LogP contribution in [0.15, 0.2) is 48.5 Å². The van der Waals surface area contributed by atoms with E-state index < -0.39 is 0 Å². The molecule has 1 N–H and O–H groups in total. The largest absolute Gasteiger partial charge is 0.497 e. The van der Waals surface area contributed by atoms with Gasteiger partial charge in [-0.05, 0) is 35.4 Å². The van der Waals surface area contributed by atoms with Crippen molar-refractivity contribution in [3.8, 4) is 11.5 Å². The summed E-state index contributed by atoms with van der Waals surface area (Å²) in [7, 11) is 3.25. The van der Waals surface area contributed by atoms with Gasteiger partial charge in [0.05, 0.1) is 20.3 Å². The number of hydrogen-bond acceptors (Lipinski definition) is 3. The van der Waals surface area contributed by atoms with E-state index in [1.807, 2.05) is 48.5 Å². The van der Waals surface area contributed by atoms with Crippen molar-refractivity contribution in [2.75, 3.05) is 14.2 Å². The van der Waals surface area contributed by atoms with Gasteiger partial charge in [-0.1, -0.05) is 24.3 Å². The van der Waals surface area contributed by atoms with Crippen molar-refractivity contribution in [1.82, 2.24) is 5.32 Å². The molecule has 0 aliphatic carbocycles. The Bertz CT molecular complexity index is 501. The molecule has 20 heavy (non-hydrogen) atoms. The minimum Gasteiger partial charge on any atom is -0.497 e. The molecule has 0 radical (unpaired) electrons. The number of benzene rings is 2. The standard InChI is InChI=1S/C16H17NO3/c1-19-14-7-3-12(4-8-14)16(17-11-18)13-5-9-15(20-2)10-6-13/h3-11,16H,1-2H3,(H,17,18). The maximum atomic E-state index is 10.8. The third kappa shape index (κ3) is 3.09. The van der Waals surface area contributed by atoms with Crippen LogP contribution in [0, 0.1) is 0 Å². The number of amides is 1. The molecule has 4 heteroatoms. The Kier molecular flexibility index (Phi) is 4.60. The van der Waals surface area contributed by atoms with Crippen LogP contribution in [0.2, 0.25) is 0 Å². The molecule has 2 aromatic carbocycles. The third-order valence-electron chi connectivity index (χ3n) is 3.13. The van der Waals surface area contributed by atoms with Crippen molar-refractivity contribution in [3.05, 3.63) is 59.7 Å². The fraction of sp³-hybridized carbons (Fsp3) is 0.188. The lowest BCUT2D eigenvalue weighted by atomic mass is 9.99. The number of carbonyl (C=O) groups is 1. The Morgan fingerprint density at radius 1 is 0.850 bits per heavy atom. The smallest absolute Gasteiger partial charge is 0.207 e. The van der Waals surface area contributed by atoms with Gasteiger partial charge >= 0.3 is 0 Å². The van der Waals surface area contributed by atoms with Crippen LogP contribution in [0.3, 0.4) is 0 Å². The maximum absolute atomic E-state index is 10.8. The molecule has 4 nitrogen and oxygen atoms in total. The van der Waals surface area contributed by atoms with Crippen molar-refractivity contribution in [1.29, 1.82) is 0 Å². The summed E-state index contributed by atoms with van der Waals surface area (Å²) in [6.45, 7) is 0. The molecule has 0 bridgehead atoms. The fourth-order valence-corrected chi connectivity index (χ4v) is 2.05. The SMILES string of the molecule is COc1ccc(C(NC=O)c2ccc(OC)cc2)cc1. The molecule has 0 heterocycles. The zero-order chi connectivity index (χ0) is 14.4. The minimum atomic E-state index is -0.190. The van der Waals surface area contributed by atoms with E-state index in [9.17, 15) is 4.79 Å². The lowest BCUT2D eigenvalue weighted by Gasteiger charge is -2.17. The summed E-state index contributed by atoms with van der Waals surface area (Å²) in [5.41, 5.74) is 1.98. The summed E-state index contributed by atoms with van der Waals surface area (Å²) in [6.07, 6.45) is 0.707. The Labute approximate surface area is 118 Å². The molecular formula is C16H17NO3.